The molecule has 1 aliphatic heterocycles. The average molecular weight is 412 g/mol. The number of para-hydroxylation sites is 3. The number of amides is 1. The molecular weight excluding hydrogens is 386 g/mol. The number of ether oxygens (including phenoxy) is 1. The van der Waals surface area contributed by atoms with Crippen molar-refractivity contribution in [3.8, 4) is 17.3 Å². The summed E-state index contributed by atoms with van der Waals surface area (Å²) in [7, 11) is 0. The van der Waals surface area contributed by atoms with Gasteiger partial charge in [0.25, 0.3) is 5.91 Å². The highest BCUT2D eigenvalue weighted by Crippen LogP contribution is 2.38. The maximum absolute atomic E-state index is 13.8. The highest BCUT2D eigenvalue weighted by Gasteiger charge is 2.30. The zero-order valence-electron chi connectivity index (χ0n) is 17.5. The lowest BCUT2D eigenvalue weighted by atomic mass is 10.1. The minimum atomic E-state index is 0.00478. The topological polar surface area (TPSA) is 46.5 Å². The summed E-state index contributed by atoms with van der Waals surface area (Å²) in [5, 5.41) is 4.31. The molecule has 1 amide bonds. The molecular formula is C26H25N3O2. The standard InChI is InChI=1S/C26H25N3O2/c1-19-18-28(17-16-27-19)25(30)24-22-14-8-9-15-23(22)29(20-10-4-2-5-11-20)26(24)31-21-12-6-3-7-13-21/h2-15,19,27H,16-18H2,1H3. The maximum Gasteiger partial charge on any atom is 0.260 e. The van der Waals surface area contributed by atoms with Crippen molar-refractivity contribution in [1.29, 1.82) is 0 Å². The van der Waals surface area contributed by atoms with Crippen LogP contribution in [0.25, 0.3) is 16.6 Å². The molecule has 5 rings (SSSR count). The van der Waals surface area contributed by atoms with Crippen LogP contribution >= 0.6 is 0 Å². The van der Waals surface area contributed by atoms with Crippen LogP contribution in [0.3, 0.4) is 0 Å². The third-order valence-corrected chi connectivity index (χ3v) is 5.67. The Bertz CT molecular complexity index is 1200. The summed E-state index contributed by atoms with van der Waals surface area (Å²) in [6, 6.07) is 28.0. The summed E-state index contributed by atoms with van der Waals surface area (Å²) in [4.78, 5) is 15.7. The van der Waals surface area contributed by atoms with E-state index in [9.17, 15) is 4.79 Å². The van der Waals surface area contributed by atoms with E-state index in [0.717, 1.165) is 23.1 Å². The average Bonchev–Trinajstić information content (AvgIpc) is 3.13. The Morgan fingerprint density at radius 2 is 1.61 bits per heavy atom. The van der Waals surface area contributed by atoms with Crippen molar-refractivity contribution in [2.24, 2.45) is 0 Å². The molecule has 0 saturated carbocycles. The number of hydrogen-bond donors (Lipinski definition) is 1. The van der Waals surface area contributed by atoms with E-state index in [0.29, 0.717) is 30.3 Å². The largest absolute Gasteiger partial charge is 0.440 e. The highest BCUT2D eigenvalue weighted by atomic mass is 16.5. The van der Waals surface area contributed by atoms with Crippen molar-refractivity contribution >= 4 is 16.8 Å². The number of hydrogen-bond acceptors (Lipinski definition) is 3. The van der Waals surface area contributed by atoms with Crippen LogP contribution in [-0.4, -0.2) is 41.1 Å². The van der Waals surface area contributed by atoms with Gasteiger partial charge in [-0.25, -0.2) is 0 Å². The van der Waals surface area contributed by atoms with E-state index >= 15 is 0 Å². The minimum Gasteiger partial charge on any atom is -0.440 e. The number of nitrogens with one attached hydrogen (secondary N) is 1. The molecule has 2 heterocycles. The van der Waals surface area contributed by atoms with Gasteiger partial charge in [-0.05, 0) is 37.3 Å². The summed E-state index contributed by atoms with van der Waals surface area (Å²) in [5.41, 5.74) is 2.51. The van der Waals surface area contributed by atoms with Crippen molar-refractivity contribution in [1.82, 2.24) is 14.8 Å². The van der Waals surface area contributed by atoms with E-state index in [1.54, 1.807) is 0 Å². The molecule has 5 nitrogen and oxygen atoms in total. The predicted molar refractivity (Wildman–Crippen MR) is 123 cm³/mol. The Hall–Kier alpha value is -3.57. The van der Waals surface area contributed by atoms with Crippen molar-refractivity contribution in [3.63, 3.8) is 0 Å². The van der Waals surface area contributed by atoms with E-state index in [4.69, 9.17) is 4.74 Å². The van der Waals surface area contributed by atoms with Gasteiger partial charge in [-0.1, -0.05) is 54.6 Å². The van der Waals surface area contributed by atoms with Gasteiger partial charge in [0.2, 0.25) is 5.88 Å². The van der Waals surface area contributed by atoms with E-state index in [1.165, 1.54) is 0 Å². The molecule has 1 N–H and O–H groups in total. The molecule has 1 aromatic heterocycles. The number of aromatic nitrogens is 1. The van der Waals surface area contributed by atoms with Gasteiger partial charge in [0.05, 0.1) is 5.52 Å². The quantitative estimate of drug-likeness (QED) is 0.522. The summed E-state index contributed by atoms with van der Waals surface area (Å²) in [6.07, 6.45) is 0. The third-order valence-electron chi connectivity index (χ3n) is 5.67. The number of nitrogens with zero attached hydrogens (tertiary/aromatic N) is 2. The van der Waals surface area contributed by atoms with Crippen LogP contribution in [0, 0.1) is 0 Å². The lowest BCUT2D eigenvalue weighted by Crippen LogP contribution is -2.51. The van der Waals surface area contributed by atoms with E-state index < -0.39 is 0 Å². The number of carbonyl (C=O) groups is 1. The Balaban J connectivity index is 1.73. The monoisotopic (exact) mass is 411 g/mol. The Morgan fingerprint density at radius 1 is 0.935 bits per heavy atom. The fourth-order valence-corrected chi connectivity index (χ4v) is 4.23. The zero-order valence-corrected chi connectivity index (χ0v) is 17.5. The first-order valence-electron chi connectivity index (χ1n) is 10.7. The van der Waals surface area contributed by atoms with Gasteiger partial charge in [0.1, 0.15) is 11.3 Å². The van der Waals surface area contributed by atoms with Crippen molar-refractivity contribution < 1.29 is 9.53 Å². The van der Waals surface area contributed by atoms with Crippen LogP contribution in [0.15, 0.2) is 84.9 Å². The Morgan fingerprint density at radius 3 is 2.35 bits per heavy atom. The molecule has 1 fully saturated rings. The fraction of sp³-hybridized carbons (Fsp3) is 0.192. The molecule has 3 aromatic carbocycles. The second kappa shape index (κ2) is 8.28. The molecule has 0 aliphatic carbocycles. The number of piperazine rings is 1. The molecule has 0 spiro atoms. The van der Waals surface area contributed by atoms with Gasteiger partial charge < -0.3 is 15.0 Å². The van der Waals surface area contributed by atoms with Gasteiger partial charge in [0, 0.05) is 36.7 Å². The van der Waals surface area contributed by atoms with Crippen molar-refractivity contribution in [2.45, 2.75) is 13.0 Å². The highest BCUT2D eigenvalue weighted by molar-refractivity contribution is 6.10. The summed E-state index contributed by atoms with van der Waals surface area (Å²) in [5.74, 6) is 1.25. The van der Waals surface area contributed by atoms with Gasteiger partial charge in [-0.15, -0.1) is 0 Å². The molecule has 31 heavy (non-hydrogen) atoms. The number of rotatable bonds is 4. The lowest BCUT2D eigenvalue weighted by molar-refractivity contribution is 0.0708. The Labute approximate surface area is 181 Å². The fourth-order valence-electron chi connectivity index (χ4n) is 4.23. The van der Waals surface area contributed by atoms with Gasteiger partial charge in [0.15, 0.2) is 0 Å². The van der Waals surface area contributed by atoms with Gasteiger partial charge in [-0.2, -0.15) is 0 Å². The maximum atomic E-state index is 13.8. The van der Waals surface area contributed by atoms with E-state index in [-0.39, 0.29) is 11.9 Å². The predicted octanol–water partition coefficient (Wildman–Crippen LogP) is 4.86. The lowest BCUT2D eigenvalue weighted by Gasteiger charge is -2.32. The number of carbonyl (C=O) groups excluding carboxylic acids is 1. The smallest absolute Gasteiger partial charge is 0.260 e. The molecule has 156 valence electrons. The summed E-state index contributed by atoms with van der Waals surface area (Å²) in [6.45, 7) is 4.25. The van der Waals surface area contributed by atoms with Crippen LogP contribution in [0.1, 0.15) is 17.3 Å². The molecule has 5 heteroatoms. The molecule has 0 radical (unpaired) electrons. The molecule has 1 unspecified atom stereocenters. The minimum absolute atomic E-state index is 0.00478. The summed E-state index contributed by atoms with van der Waals surface area (Å²) < 4.78 is 8.46. The first-order valence-corrected chi connectivity index (χ1v) is 10.7. The van der Waals surface area contributed by atoms with Crippen molar-refractivity contribution in [2.75, 3.05) is 19.6 Å². The second-order valence-electron chi connectivity index (χ2n) is 7.89. The molecule has 0 bridgehead atoms. The molecule has 4 aromatic rings. The molecule has 1 saturated heterocycles. The third kappa shape index (κ3) is 3.68. The van der Waals surface area contributed by atoms with Crippen LogP contribution in [0.4, 0.5) is 0 Å². The molecule has 1 atom stereocenters. The normalized spacial score (nSPS) is 16.4. The SMILES string of the molecule is CC1CN(C(=O)c2c(Oc3ccccc3)n(-c3ccccc3)c3ccccc23)CCN1. The first kappa shape index (κ1) is 19.4. The first-order chi connectivity index (χ1) is 15.2. The number of fused-ring (bicyclic) bond motifs is 1. The van der Waals surface area contributed by atoms with Crippen LogP contribution in [-0.2, 0) is 0 Å². The van der Waals surface area contributed by atoms with Crippen molar-refractivity contribution in [3.05, 3.63) is 90.5 Å². The van der Waals surface area contributed by atoms with E-state index in [2.05, 4.69) is 12.2 Å². The zero-order chi connectivity index (χ0) is 21.2. The van der Waals surface area contributed by atoms with Crippen LogP contribution < -0.4 is 10.1 Å². The van der Waals surface area contributed by atoms with Gasteiger partial charge >= 0.3 is 0 Å². The Kier molecular flexibility index (Phi) is 5.18. The second-order valence-corrected chi connectivity index (χ2v) is 7.89. The van der Waals surface area contributed by atoms with Crippen LogP contribution in [0.2, 0.25) is 0 Å². The van der Waals surface area contributed by atoms with E-state index in [1.807, 2.05) is 94.4 Å². The summed E-state index contributed by atoms with van der Waals surface area (Å²) >= 11 is 0. The van der Waals surface area contributed by atoms with Crippen LogP contribution in [0.5, 0.6) is 11.6 Å². The van der Waals surface area contributed by atoms with Gasteiger partial charge in [-0.3, -0.25) is 9.36 Å². The number of benzene rings is 3. The molecule has 1 aliphatic rings.